The Morgan fingerprint density at radius 3 is 2.44 bits per heavy atom. The Kier molecular flexibility index (Phi) is 9.30. The molecule has 0 bridgehead atoms. The summed E-state index contributed by atoms with van der Waals surface area (Å²) in [5.74, 6) is -0.745. The van der Waals surface area contributed by atoms with Crippen LogP contribution in [0.3, 0.4) is 0 Å². The van der Waals surface area contributed by atoms with Crippen LogP contribution in [0.2, 0.25) is 5.02 Å². The summed E-state index contributed by atoms with van der Waals surface area (Å²) in [6.07, 6.45) is 1.42. The number of carbonyl (C=O) groups is 3. The highest BCUT2D eigenvalue weighted by Crippen LogP contribution is 2.25. The number of carbonyl (C=O) groups excluding carboxylic acids is 3. The van der Waals surface area contributed by atoms with Gasteiger partial charge in [0, 0.05) is 40.6 Å². The van der Waals surface area contributed by atoms with E-state index in [0.717, 1.165) is 17.5 Å². The summed E-state index contributed by atoms with van der Waals surface area (Å²) in [5.41, 5.74) is 2.47. The van der Waals surface area contributed by atoms with Crippen molar-refractivity contribution in [2.24, 2.45) is 0 Å². The van der Waals surface area contributed by atoms with Gasteiger partial charge in [-0.15, -0.1) is 0 Å². The number of sulfone groups is 1. The maximum absolute atomic E-state index is 13.0. The van der Waals surface area contributed by atoms with Crippen LogP contribution in [0.1, 0.15) is 18.4 Å². The lowest BCUT2D eigenvalue weighted by atomic mass is 10.1. The molecule has 12 heteroatoms. The lowest BCUT2D eigenvalue weighted by Gasteiger charge is -2.28. The number of nitrogens with one attached hydrogen (secondary N) is 3. The van der Waals surface area contributed by atoms with Crippen molar-refractivity contribution in [1.29, 1.82) is 0 Å². The number of hydrogen-bond acceptors (Lipinski definition) is 6. The number of rotatable bonds is 9. The Balaban J connectivity index is 1.69. The van der Waals surface area contributed by atoms with Crippen molar-refractivity contribution >= 4 is 56.3 Å². The number of benzene rings is 2. The maximum Gasteiger partial charge on any atom is 0.319 e. The number of ether oxygens (including phenoxy) is 1. The van der Waals surface area contributed by atoms with Gasteiger partial charge < -0.3 is 25.6 Å². The Morgan fingerprint density at radius 2 is 1.81 bits per heavy atom. The van der Waals surface area contributed by atoms with Crippen molar-refractivity contribution in [3.05, 3.63) is 53.1 Å². The molecule has 1 atom stereocenters. The van der Waals surface area contributed by atoms with Gasteiger partial charge in [-0.2, -0.15) is 0 Å². The molecule has 0 saturated carbocycles. The van der Waals surface area contributed by atoms with Crippen molar-refractivity contribution in [1.82, 2.24) is 5.32 Å². The van der Waals surface area contributed by atoms with E-state index in [1.165, 1.54) is 0 Å². The molecule has 36 heavy (non-hydrogen) atoms. The molecule has 194 valence electrons. The van der Waals surface area contributed by atoms with E-state index in [9.17, 15) is 22.8 Å². The predicted octanol–water partition coefficient (Wildman–Crippen LogP) is 2.97. The van der Waals surface area contributed by atoms with Crippen LogP contribution >= 0.6 is 11.6 Å². The van der Waals surface area contributed by atoms with Crippen molar-refractivity contribution < 1.29 is 27.5 Å². The average Bonchev–Trinajstić information content (AvgIpc) is 2.80. The molecule has 1 fully saturated rings. The molecule has 1 aliphatic heterocycles. The van der Waals surface area contributed by atoms with Gasteiger partial charge in [0.05, 0.1) is 6.61 Å². The lowest BCUT2D eigenvalue weighted by molar-refractivity contribution is -0.125. The quantitative estimate of drug-likeness (QED) is 0.451. The van der Waals surface area contributed by atoms with Crippen LogP contribution in [0.15, 0.2) is 42.5 Å². The number of aryl methyl sites for hydroxylation is 1. The standard InChI is InChI=1S/C24H29ClN4O6S/c1-16-14-19(9-10-21(16)29-11-12-35-15-22(29)30)26-23(31)20(4-3-13-36(2,33)34)28-24(32)27-18-7-5-17(25)6-8-18/h5-10,14,20H,3-4,11-13,15H2,1-2H3,(H,26,31)(H2,27,28,32). The first kappa shape index (κ1) is 27.4. The molecule has 1 unspecified atom stereocenters. The Bertz CT molecular complexity index is 1220. The highest BCUT2D eigenvalue weighted by atomic mass is 35.5. The van der Waals surface area contributed by atoms with E-state index in [1.807, 2.05) is 6.92 Å². The minimum atomic E-state index is -3.22. The number of halogens is 1. The first-order valence-electron chi connectivity index (χ1n) is 11.3. The van der Waals surface area contributed by atoms with Crippen molar-refractivity contribution in [3.63, 3.8) is 0 Å². The fraction of sp³-hybridized carbons (Fsp3) is 0.375. The first-order chi connectivity index (χ1) is 17.0. The number of morpholine rings is 1. The van der Waals surface area contributed by atoms with Crippen molar-refractivity contribution in [2.45, 2.75) is 25.8 Å². The van der Waals surface area contributed by atoms with Crippen LogP contribution in [-0.2, 0) is 24.2 Å². The third-order valence-electron chi connectivity index (χ3n) is 5.47. The zero-order valence-electron chi connectivity index (χ0n) is 20.0. The van der Waals surface area contributed by atoms with Crippen LogP contribution in [0.25, 0.3) is 0 Å². The molecule has 0 aromatic heterocycles. The Labute approximate surface area is 215 Å². The molecule has 3 N–H and O–H groups in total. The predicted molar refractivity (Wildman–Crippen MR) is 139 cm³/mol. The lowest BCUT2D eigenvalue weighted by Crippen LogP contribution is -2.45. The molecule has 1 heterocycles. The second kappa shape index (κ2) is 12.2. The van der Waals surface area contributed by atoms with E-state index in [1.54, 1.807) is 47.4 Å². The largest absolute Gasteiger partial charge is 0.370 e. The summed E-state index contributed by atoms with van der Waals surface area (Å²) in [6, 6.07) is 10.0. The molecular weight excluding hydrogens is 508 g/mol. The smallest absolute Gasteiger partial charge is 0.319 e. The number of nitrogens with zero attached hydrogens (tertiary/aromatic N) is 1. The zero-order valence-corrected chi connectivity index (χ0v) is 21.6. The number of anilines is 3. The van der Waals surface area contributed by atoms with Crippen LogP contribution in [0, 0.1) is 6.92 Å². The van der Waals surface area contributed by atoms with Crippen LogP contribution in [0.4, 0.5) is 21.9 Å². The molecule has 2 aromatic rings. The van der Waals surface area contributed by atoms with Crippen molar-refractivity contribution in [2.75, 3.05) is 47.3 Å². The van der Waals surface area contributed by atoms with E-state index < -0.39 is 27.8 Å². The monoisotopic (exact) mass is 536 g/mol. The molecule has 0 radical (unpaired) electrons. The van der Waals surface area contributed by atoms with E-state index in [0.29, 0.717) is 29.5 Å². The molecular formula is C24H29ClN4O6S. The fourth-order valence-electron chi connectivity index (χ4n) is 3.72. The average molecular weight is 537 g/mol. The summed E-state index contributed by atoms with van der Waals surface area (Å²) >= 11 is 5.86. The SMILES string of the molecule is Cc1cc(NC(=O)C(CCCS(C)(=O)=O)NC(=O)Nc2ccc(Cl)cc2)ccc1N1CCOCC1=O. The molecule has 0 spiro atoms. The normalized spacial score (nSPS) is 14.8. The first-order valence-corrected chi connectivity index (χ1v) is 13.8. The second-order valence-corrected chi connectivity index (χ2v) is 11.2. The zero-order chi connectivity index (χ0) is 26.3. The van der Waals surface area contributed by atoms with Crippen molar-refractivity contribution in [3.8, 4) is 0 Å². The Hall–Kier alpha value is -3.15. The van der Waals surface area contributed by atoms with E-state index in [-0.39, 0.29) is 31.1 Å². The van der Waals surface area contributed by atoms with Gasteiger partial charge in [-0.05, 0) is 67.8 Å². The maximum atomic E-state index is 13.0. The van der Waals surface area contributed by atoms with Gasteiger partial charge >= 0.3 is 6.03 Å². The minimum absolute atomic E-state index is 0.0246. The van der Waals surface area contributed by atoms with E-state index in [2.05, 4.69) is 16.0 Å². The van der Waals surface area contributed by atoms with Crippen LogP contribution < -0.4 is 20.9 Å². The van der Waals surface area contributed by atoms with Crippen LogP contribution in [-0.4, -0.2) is 64.1 Å². The van der Waals surface area contributed by atoms with E-state index >= 15 is 0 Å². The minimum Gasteiger partial charge on any atom is -0.370 e. The summed E-state index contributed by atoms with van der Waals surface area (Å²) < 4.78 is 28.3. The number of hydrogen-bond donors (Lipinski definition) is 3. The topological polar surface area (TPSA) is 134 Å². The van der Waals surface area contributed by atoms with Gasteiger partial charge in [0.15, 0.2) is 0 Å². The highest BCUT2D eigenvalue weighted by Gasteiger charge is 2.24. The number of urea groups is 1. The molecule has 2 aromatic carbocycles. The highest BCUT2D eigenvalue weighted by molar-refractivity contribution is 7.90. The van der Waals surface area contributed by atoms with Gasteiger partial charge in [0.25, 0.3) is 5.91 Å². The molecule has 1 saturated heterocycles. The molecule has 10 nitrogen and oxygen atoms in total. The van der Waals surface area contributed by atoms with Gasteiger partial charge in [0.1, 0.15) is 22.5 Å². The molecule has 1 aliphatic rings. The number of amides is 4. The summed E-state index contributed by atoms with van der Waals surface area (Å²) in [6.45, 7) is 2.75. The summed E-state index contributed by atoms with van der Waals surface area (Å²) in [7, 11) is -3.22. The Morgan fingerprint density at radius 1 is 1.11 bits per heavy atom. The molecule has 3 rings (SSSR count). The second-order valence-electron chi connectivity index (χ2n) is 8.52. The van der Waals surface area contributed by atoms with Gasteiger partial charge in [-0.3, -0.25) is 9.59 Å². The molecule has 4 amide bonds. The van der Waals surface area contributed by atoms with Gasteiger partial charge in [0.2, 0.25) is 5.91 Å². The van der Waals surface area contributed by atoms with Gasteiger partial charge in [-0.25, -0.2) is 13.2 Å². The summed E-state index contributed by atoms with van der Waals surface area (Å²) in [4.78, 5) is 39.4. The molecule has 0 aliphatic carbocycles. The van der Waals surface area contributed by atoms with Crippen LogP contribution in [0.5, 0.6) is 0 Å². The van der Waals surface area contributed by atoms with E-state index in [4.69, 9.17) is 16.3 Å². The summed E-state index contributed by atoms with van der Waals surface area (Å²) in [5, 5.41) is 8.53. The third kappa shape index (κ3) is 8.21. The van der Waals surface area contributed by atoms with Gasteiger partial charge in [-0.1, -0.05) is 11.6 Å². The third-order valence-corrected chi connectivity index (χ3v) is 6.76. The fourth-order valence-corrected chi connectivity index (χ4v) is 4.53.